The van der Waals surface area contributed by atoms with E-state index in [1.165, 1.54) is 103 Å². The van der Waals surface area contributed by atoms with Gasteiger partial charge in [-0.05, 0) is 64.2 Å². The average Bonchev–Trinajstić information content (AvgIpc) is 3.12. The maximum Gasteiger partial charge on any atom is 0.472 e. The van der Waals surface area contributed by atoms with Crippen LogP contribution in [0.1, 0.15) is 187 Å². The van der Waals surface area contributed by atoms with Crippen molar-refractivity contribution >= 4 is 19.8 Å². The van der Waals surface area contributed by atoms with Gasteiger partial charge >= 0.3 is 19.8 Å². The normalized spacial score (nSPS) is 14.2. The van der Waals surface area contributed by atoms with Crippen LogP contribution in [0.25, 0.3) is 0 Å². The summed E-state index contributed by atoms with van der Waals surface area (Å²) in [5.41, 5.74) is 5.34. The number of hydrogen-bond donors (Lipinski definition) is 3. The number of allylic oxidation sites excluding steroid dienone is 4. The topological polar surface area (TPSA) is 155 Å². The van der Waals surface area contributed by atoms with Crippen molar-refractivity contribution < 1.29 is 42.7 Å². The van der Waals surface area contributed by atoms with Gasteiger partial charge in [0.15, 0.2) is 0 Å². The number of carbonyl (C=O) groups excluding carboxylic acids is 1. The van der Waals surface area contributed by atoms with E-state index < -0.39 is 45.1 Å². The summed E-state index contributed by atoms with van der Waals surface area (Å²) in [5.74, 6) is -1.79. The molecule has 0 aliphatic carbocycles. The van der Waals surface area contributed by atoms with Gasteiger partial charge in [-0.15, -0.1) is 0 Å². The maximum atomic E-state index is 12.6. The van der Waals surface area contributed by atoms with Crippen molar-refractivity contribution in [1.29, 1.82) is 0 Å². The van der Waals surface area contributed by atoms with E-state index in [1.807, 2.05) is 0 Å². The Morgan fingerprint density at radius 3 is 1.48 bits per heavy atom. The van der Waals surface area contributed by atoms with Gasteiger partial charge in [0.1, 0.15) is 12.1 Å². The van der Waals surface area contributed by atoms with Gasteiger partial charge in [-0.2, -0.15) is 0 Å². The van der Waals surface area contributed by atoms with Crippen molar-refractivity contribution in [3.05, 3.63) is 24.3 Å². The number of esters is 1. The van der Waals surface area contributed by atoms with Crippen molar-refractivity contribution in [1.82, 2.24) is 0 Å². The van der Waals surface area contributed by atoms with Crippen molar-refractivity contribution in [3.8, 4) is 0 Å². The highest BCUT2D eigenvalue weighted by Gasteiger charge is 2.27. The molecule has 0 amide bonds. The van der Waals surface area contributed by atoms with Crippen LogP contribution >= 0.6 is 7.82 Å². The first kappa shape index (κ1) is 50.5. The smallest absolute Gasteiger partial charge is 0.472 e. The molecule has 0 fully saturated rings. The third kappa shape index (κ3) is 36.8. The van der Waals surface area contributed by atoms with E-state index in [0.717, 1.165) is 57.8 Å². The van der Waals surface area contributed by atoms with E-state index in [-0.39, 0.29) is 13.0 Å². The first-order chi connectivity index (χ1) is 25.2. The van der Waals surface area contributed by atoms with E-state index in [9.17, 15) is 19.0 Å². The van der Waals surface area contributed by atoms with Crippen molar-refractivity contribution in [2.24, 2.45) is 5.73 Å². The standard InChI is InChI=1S/C41H78NO9P/c1-3-5-7-9-11-13-15-17-18-19-20-22-24-26-28-30-32-34-48-35-38(36-49-52(46,47)50-37-39(42)41(44)45)51-40(43)33-31-29-27-25-23-21-16-14-12-10-8-6-4-2/h14,16,18-19,38-39H,3-13,15,17,20-37,42H2,1-2H3,(H,44,45)(H,46,47)/b16-14-,19-18-. The molecule has 0 aromatic carbocycles. The summed E-state index contributed by atoms with van der Waals surface area (Å²) < 4.78 is 33.3. The molecule has 0 spiro atoms. The number of unbranched alkanes of at least 4 members (excludes halogenated alkanes) is 22. The van der Waals surface area contributed by atoms with Crippen LogP contribution < -0.4 is 5.73 Å². The number of nitrogens with two attached hydrogens (primary N) is 1. The minimum Gasteiger partial charge on any atom is -0.480 e. The molecule has 3 unspecified atom stereocenters. The molecular weight excluding hydrogens is 681 g/mol. The Bertz CT molecular complexity index is 930. The van der Waals surface area contributed by atoms with Gasteiger partial charge in [-0.3, -0.25) is 18.6 Å². The number of carbonyl (C=O) groups is 2. The zero-order valence-electron chi connectivity index (χ0n) is 33.2. The zero-order chi connectivity index (χ0) is 38.4. The minimum atomic E-state index is -4.61. The molecule has 0 radical (unpaired) electrons. The highest BCUT2D eigenvalue weighted by atomic mass is 31.2. The van der Waals surface area contributed by atoms with Crippen LogP contribution in [0.4, 0.5) is 0 Å². The number of aliphatic carboxylic acids is 1. The largest absolute Gasteiger partial charge is 0.480 e. The second-order valence-electron chi connectivity index (χ2n) is 14.1. The van der Waals surface area contributed by atoms with Crippen molar-refractivity contribution in [2.75, 3.05) is 26.4 Å². The number of carboxylic acid groups (broad SMARTS) is 1. The average molecular weight is 760 g/mol. The monoisotopic (exact) mass is 760 g/mol. The first-order valence-electron chi connectivity index (χ1n) is 20.9. The fraction of sp³-hybridized carbons (Fsp3) is 0.854. The number of phosphoric acid groups is 1. The van der Waals surface area contributed by atoms with E-state index in [2.05, 4.69) is 38.2 Å². The van der Waals surface area contributed by atoms with Gasteiger partial charge in [0, 0.05) is 13.0 Å². The number of ether oxygens (including phenoxy) is 2. The summed E-state index contributed by atoms with van der Waals surface area (Å²) >= 11 is 0. The van der Waals surface area contributed by atoms with E-state index in [4.69, 9.17) is 29.4 Å². The summed E-state index contributed by atoms with van der Waals surface area (Å²) in [5, 5.41) is 8.88. The quantitative estimate of drug-likeness (QED) is 0.0238. The number of rotatable bonds is 40. The molecule has 4 N–H and O–H groups in total. The Balaban J connectivity index is 4.26. The molecule has 0 saturated heterocycles. The number of phosphoric ester groups is 1. The lowest BCUT2D eigenvalue weighted by Gasteiger charge is -2.20. The molecule has 3 atom stereocenters. The van der Waals surface area contributed by atoms with E-state index >= 15 is 0 Å². The second-order valence-corrected chi connectivity index (χ2v) is 15.6. The molecular formula is C41H78NO9P. The summed E-state index contributed by atoms with van der Waals surface area (Å²) in [6.45, 7) is 3.84. The lowest BCUT2D eigenvalue weighted by Crippen LogP contribution is -2.34. The molecule has 0 aliphatic rings. The molecule has 11 heteroatoms. The highest BCUT2D eigenvalue weighted by molar-refractivity contribution is 7.47. The van der Waals surface area contributed by atoms with Gasteiger partial charge < -0.3 is 25.2 Å². The summed E-state index contributed by atoms with van der Waals surface area (Å²) in [4.78, 5) is 33.4. The van der Waals surface area contributed by atoms with Crippen molar-refractivity contribution in [2.45, 2.75) is 199 Å². The molecule has 52 heavy (non-hydrogen) atoms. The SMILES string of the molecule is CCCCCC/C=C\CCCCCCCC(=O)OC(COCCCCCCCC/C=C\CCCCCCCCC)COP(=O)(O)OCC(N)C(=O)O. The molecule has 0 rings (SSSR count). The third-order valence-corrected chi connectivity index (χ3v) is 9.90. The van der Waals surface area contributed by atoms with E-state index in [1.54, 1.807) is 0 Å². The van der Waals surface area contributed by atoms with Crippen molar-refractivity contribution in [3.63, 3.8) is 0 Å². The molecule has 0 saturated carbocycles. The van der Waals surface area contributed by atoms with Crippen LogP contribution in [-0.4, -0.2) is 60.5 Å². The minimum absolute atomic E-state index is 0.0116. The van der Waals surface area contributed by atoms with Gasteiger partial charge in [0.2, 0.25) is 0 Å². The predicted octanol–water partition coefficient (Wildman–Crippen LogP) is 11.1. The van der Waals surface area contributed by atoms with Gasteiger partial charge in [0.05, 0.1) is 19.8 Å². The van der Waals surface area contributed by atoms with Crippen LogP contribution in [0.5, 0.6) is 0 Å². The summed E-state index contributed by atoms with van der Waals surface area (Å²) in [7, 11) is -4.61. The fourth-order valence-corrected chi connectivity index (χ4v) is 6.43. The van der Waals surface area contributed by atoms with E-state index in [0.29, 0.717) is 13.0 Å². The summed E-state index contributed by atoms with van der Waals surface area (Å²) in [6.07, 6.45) is 39.4. The van der Waals surface area contributed by atoms with Crippen LogP contribution in [0.3, 0.4) is 0 Å². The van der Waals surface area contributed by atoms with Gasteiger partial charge in [-0.25, -0.2) is 4.57 Å². The molecule has 0 aliphatic heterocycles. The van der Waals surface area contributed by atoms with Crippen LogP contribution in [0, 0.1) is 0 Å². The Morgan fingerprint density at radius 1 is 0.596 bits per heavy atom. The van der Waals surface area contributed by atoms with Crippen LogP contribution in [-0.2, 0) is 32.7 Å². The highest BCUT2D eigenvalue weighted by Crippen LogP contribution is 2.43. The van der Waals surface area contributed by atoms with Crippen LogP contribution in [0.15, 0.2) is 24.3 Å². The maximum absolute atomic E-state index is 12.6. The third-order valence-electron chi connectivity index (χ3n) is 8.95. The number of carboxylic acids is 1. The Kier molecular flexibility index (Phi) is 36.6. The Labute approximate surface area is 317 Å². The molecule has 306 valence electrons. The van der Waals surface area contributed by atoms with Gasteiger partial charge in [0.25, 0.3) is 0 Å². The van der Waals surface area contributed by atoms with Crippen LogP contribution in [0.2, 0.25) is 0 Å². The molecule has 0 aromatic rings. The second kappa shape index (κ2) is 37.8. The predicted molar refractivity (Wildman–Crippen MR) is 212 cm³/mol. The Morgan fingerprint density at radius 2 is 1.00 bits per heavy atom. The molecule has 0 bridgehead atoms. The lowest BCUT2D eigenvalue weighted by molar-refractivity contribution is -0.154. The molecule has 0 aromatic heterocycles. The lowest BCUT2D eigenvalue weighted by atomic mass is 10.1. The first-order valence-corrected chi connectivity index (χ1v) is 22.4. The zero-order valence-corrected chi connectivity index (χ0v) is 34.1. The molecule has 0 heterocycles. The van der Waals surface area contributed by atoms with Gasteiger partial charge in [-0.1, -0.05) is 141 Å². The Hall–Kier alpha value is -1.55. The summed E-state index contributed by atoms with van der Waals surface area (Å²) in [6, 6.07) is -1.47. The number of hydrogen-bond acceptors (Lipinski definition) is 8. The molecule has 10 nitrogen and oxygen atoms in total. The fourth-order valence-electron chi connectivity index (χ4n) is 5.65.